The molecule has 0 radical (unpaired) electrons. The highest BCUT2D eigenvalue weighted by Gasteiger charge is 2.65. The van der Waals surface area contributed by atoms with Crippen molar-refractivity contribution in [1.82, 2.24) is 0 Å². The summed E-state index contributed by atoms with van der Waals surface area (Å²) in [6.07, 6.45) is -4.59. The summed E-state index contributed by atoms with van der Waals surface area (Å²) in [5.74, 6) is 0. The van der Waals surface area contributed by atoms with Crippen LogP contribution in [-0.4, -0.2) is 29.3 Å². The zero-order chi connectivity index (χ0) is 19.1. The molecule has 0 aliphatic carbocycles. The molecular formula is C18H17F3N2O3. The van der Waals surface area contributed by atoms with Crippen LogP contribution in [0.5, 0.6) is 0 Å². The topological polar surface area (TPSA) is 66.6 Å². The average Bonchev–Trinajstić information content (AvgIpc) is 2.82. The minimum Gasteiger partial charge on any atom is -0.375 e. The van der Waals surface area contributed by atoms with Crippen LogP contribution in [0.1, 0.15) is 17.5 Å². The van der Waals surface area contributed by atoms with Crippen molar-refractivity contribution < 1.29 is 23.2 Å². The standard InChI is InChI=1S/C18H17F3N2O3/c1-22-15-9-8-13(23(25)26)11-14(15)17(24,18(19,20)21)16(22)10-7-12-5-3-2-4-6-12/h2-6,8-9,11,16,24H,7,10H2,1H3/t16-,17+/m1/s1. The molecule has 2 atom stereocenters. The molecule has 3 rings (SSSR count). The van der Waals surface area contributed by atoms with E-state index in [2.05, 4.69) is 0 Å². The highest BCUT2D eigenvalue weighted by Crippen LogP contribution is 2.53. The number of likely N-dealkylation sites (N-methyl/N-ethyl adjacent to an activating group) is 1. The number of nitrogens with zero attached hydrogens (tertiary/aromatic N) is 2. The summed E-state index contributed by atoms with van der Waals surface area (Å²) in [5, 5.41) is 21.7. The zero-order valence-corrected chi connectivity index (χ0v) is 13.9. The summed E-state index contributed by atoms with van der Waals surface area (Å²) in [5.41, 5.74) is -3.12. The van der Waals surface area contributed by atoms with Gasteiger partial charge in [-0.3, -0.25) is 10.1 Å². The van der Waals surface area contributed by atoms with E-state index < -0.39 is 34.0 Å². The van der Waals surface area contributed by atoms with Gasteiger partial charge in [-0.25, -0.2) is 0 Å². The van der Waals surface area contributed by atoms with Crippen LogP contribution >= 0.6 is 0 Å². The Bertz CT molecular complexity index is 826. The van der Waals surface area contributed by atoms with Crippen LogP contribution in [0.3, 0.4) is 0 Å². The quantitative estimate of drug-likeness (QED) is 0.660. The van der Waals surface area contributed by atoms with E-state index >= 15 is 0 Å². The summed E-state index contributed by atoms with van der Waals surface area (Å²) in [7, 11) is 1.46. The van der Waals surface area contributed by atoms with E-state index in [0.717, 1.165) is 17.7 Å². The highest BCUT2D eigenvalue weighted by molar-refractivity contribution is 5.66. The monoisotopic (exact) mass is 366 g/mol. The number of aryl methyl sites for hydroxylation is 1. The smallest absolute Gasteiger partial charge is 0.375 e. The fourth-order valence-corrected chi connectivity index (χ4v) is 3.57. The third-order valence-electron chi connectivity index (χ3n) is 4.91. The molecule has 2 aromatic carbocycles. The van der Waals surface area contributed by atoms with Gasteiger partial charge < -0.3 is 10.0 Å². The first kappa shape index (κ1) is 18.2. The number of nitro groups is 1. The maximum atomic E-state index is 13.9. The molecule has 0 fully saturated rings. The number of hydrogen-bond acceptors (Lipinski definition) is 4. The fourth-order valence-electron chi connectivity index (χ4n) is 3.57. The fraction of sp³-hybridized carbons (Fsp3) is 0.333. The maximum Gasteiger partial charge on any atom is 0.423 e. The number of alkyl halides is 3. The minimum absolute atomic E-state index is 0.0407. The van der Waals surface area contributed by atoms with Gasteiger partial charge >= 0.3 is 6.18 Å². The third-order valence-corrected chi connectivity index (χ3v) is 4.91. The zero-order valence-electron chi connectivity index (χ0n) is 13.9. The molecule has 0 spiro atoms. The normalized spacial score (nSPS) is 22.3. The average molecular weight is 366 g/mol. The number of halogens is 3. The van der Waals surface area contributed by atoms with Crippen LogP contribution in [0.2, 0.25) is 0 Å². The predicted molar refractivity (Wildman–Crippen MR) is 90.0 cm³/mol. The lowest BCUT2D eigenvalue weighted by Crippen LogP contribution is -2.53. The van der Waals surface area contributed by atoms with E-state index in [1.807, 2.05) is 6.07 Å². The lowest BCUT2D eigenvalue weighted by molar-refractivity contribution is -0.385. The summed E-state index contributed by atoms with van der Waals surface area (Å²) in [4.78, 5) is 11.6. The molecule has 2 aromatic rings. The van der Waals surface area contributed by atoms with E-state index in [1.54, 1.807) is 24.3 Å². The van der Waals surface area contributed by atoms with E-state index in [0.29, 0.717) is 6.42 Å². The molecule has 5 nitrogen and oxygen atoms in total. The van der Waals surface area contributed by atoms with Gasteiger partial charge in [0.2, 0.25) is 5.60 Å². The lowest BCUT2D eigenvalue weighted by Gasteiger charge is -2.35. The Kier molecular flexibility index (Phi) is 4.39. The molecule has 1 heterocycles. The Morgan fingerprint density at radius 1 is 1.23 bits per heavy atom. The molecular weight excluding hydrogens is 349 g/mol. The van der Waals surface area contributed by atoms with Crippen LogP contribution in [0.15, 0.2) is 48.5 Å². The van der Waals surface area contributed by atoms with Crippen molar-refractivity contribution in [1.29, 1.82) is 0 Å². The molecule has 138 valence electrons. The number of fused-ring (bicyclic) bond motifs is 1. The molecule has 1 N–H and O–H groups in total. The number of non-ortho nitro benzene ring substituents is 1. The number of anilines is 1. The number of benzene rings is 2. The Labute approximate surface area is 147 Å². The summed E-state index contributed by atoms with van der Waals surface area (Å²) >= 11 is 0. The van der Waals surface area contributed by atoms with Gasteiger partial charge in [-0.05, 0) is 24.5 Å². The van der Waals surface area contributed by atoms with Crippen LogP contribution < -0.4 is 4.90 Å². The van der Waals surface area contributed by atoms with Gasteiger partial charge in [-0.2, -0.15) is 13.2 Å². The van der Waals surface area contributed by atoms with E-state index in [9.17, 15) is 28.4 Å². The summed E-state index contributed by atoms with van der Waals surface area (Å²) in [6.45, 7) is 0. The number of aliphatic hydroxyl groups is 1. The molecule has 0 bridgehead atoms. The first-order valence-electron chi connectivity index (χ1n) is 8.01. The van der Waals surface area contributed by atoms with Crippen LogP contribution in [0.4, 0.5) is 24.5 Å². The Morgan fingerprint density at radius 2 is 1.88 bits per heavy atom. The van der Waals surface area contributed by atoms with E-state index in [1.165, 1.54) is 18.0 Å². The molecule has 26 heavy (non-hydrogen) atoms. The highest BCUT2D eigenvalue weighted by atomic mass is 19.4. The van der Waals surface area contributed by atoms with Crippen molar-refractivity contribution in [2.24, 2.45) is 0 Å². The Balaban J connectivity index is 2.02. The first-order valence-corrected chi connectivity index (χ1v) is 8.01. The Morgan fingerprint density at radius 3 is 2.46 bits per heavy atom. The van der Waals surface area contributed by atoms with E-state index in [-0.39, 0.29) is 12.1 Å². The third kappa shape index (κ3) is 2.80. The van der Waals surface area contributed by atoms with Crippen molar-refractivity contribution in [3.8, 4) is 0 Å². The molecule has 0 unspecified atom stereocenters. The second kappa shape index (κ2) is 6.28. The second-order valence-corrected chi connectivity index (χ2v) is 6.37. The summed E-state index contributed by atoms with van der Waals surface area (Å²) in [6, 6.07) is 11.0. The van der Waals surface area contributed by atoms with Crippen LogP contribution in [0, 0.1) is 10.1 Å². The molecule has 0 saturated heterocycles. The first-order chi connectivity index (χ1) is 12.2. The maximum absolute atomic E-state index is 13.9. The minimum atomic E-state index is -4.97. The number of hydrogen-bond donors (Lipinski definition) is 1. The molecule has 0 aromatic heterocycles. The van der Waals surface area contributed by atoms with E-state index in [4.69, 9.17) is 0 Å². The Hall–Kier alpha value is -2.61. The largest absolute Gasteiger partial charge is 0.423 e. The second-order valence-electron chi connectivity index (χ2n) is 6.37. The van der Waals surface area contributed by atoms with Gasteiger partial charge in [0.1, 0.15) is 0 Å². The van der Waals surface area contributed by atoms with Crippen molar-refractivity contribution >= 4 is 11.4 Å². The van der Waals surface area contributed by atoms with Crippen molar-refractivity contribution in [3.63, 3.8) is 0 Å². The van der Waals surface area contributed by atoms with Gasteiger partial charge in [-0.15, -0.1) is 0 Å². The molecule has 1 aliphatic rings. The van der Waals surface area contributed by atoms with Gasteiger partial charge in [0.25, 0.3) is 5.69 Å². The van der Waals surface area contributed by atoms with Crippen LogP contribution in [-0.2, 0) is 12.0 Å². The molecule has 0 saturated carbocycles. The van der Waals surface area contributed by atoms with Crippen molar-refractivity contribution in [3.05, 3.63) is 69.8 Å². The van der Waals surface area contributed by atoms with Crippen LogP contribution in [0.25, 0.3) is 0 Å². The summed E-state index contributed by atoms with van der Waals surface area (Å²) < 4.78 is 41.6. The molecule has 1 aliphatic heterocycles. The number of nitro benzene ring substituents is 1. The SMILES string of the molecule is CN1c2ccc([N+](=O)[O-])cc2[C@@](O)(C(F)(F)F)[C@H]1CCc1ccccc1. The number of rotatable bonds is 4. The predicted octanol–water partition coefficient (Wildman–Crippen LogP) is 3.80. The lowest BCUT2D eigenvalue weighted by atomic mass is 9.85. The van der Waals surface area contributed by atoms with Gasteiger partial charge in [0.15, 0.2) is 0 Å². The molecule has 0 amide bonds. The van der Waals surface area contributed by atoms with Crippen molar-refractivity contribution in [2.75, 3.05) is 11.9 Å². The van der Waals surface area contributed by atoms with Gasteiger partial charge in [0, 0.05) is 30.4 Å². The van der Waals surface area contributed by atoms with Crippen molar-refractivity contribution in [2.45, 2.75) is 30.7 Å². The van der Waals surface area contributed by atoms with Gasteiger partial charge in [-0.1, -0.05) is 30.3 Å². The molecule has 8 heteroatoms. The van der Waals surface area contributed by atoms with Gasteiger partial charge in [0.05, 0.1) is 11.0 Å².